The van der Waals surface area contributed by atoms with Crippen molar-refractivity contribution in [2.24, 2.45) is 0 Å². The first-order valence-corrected chi connectivity index (χ1v) is 9.52. The largest absolute Gasteiger partial charge is 0.381 e. The normalized spacial score (nSPS) is 28.2. The van der Waals surface area contributed by atoms with E-state index in [1.807, 2.05) is 0 Å². The van der Waals surface area contributed by atoms with Crippen molar-refractivity contribution >= 4 is 5.69 Å². The molecule has 3 aliphatic heterocycles. The molecule has 1 atom stereocenters. The van der Waals surface area contributed by atoms with Crippen LogP contribution in [-0.2, 0) is 9.47 Å². The van der Waals surface area contributed by atoms with Crippen molar-refractivity contribution in [3.8, 4) is 0 Å². The number of nitrogens with zero attached hydrogens (tertiary/aromatic N) is 2. The summed E-state index contributed by atoms with van der Waals surface area (Å²) in [6, 6.07) is 9.45. The van der Waals surface area contributed by atoms with Gasteiger partial charge in [-0.05, 0) is 44.2 Å². The lowest BCUT2D eigenvalue weighted by atomic mass is 9.83. The van der Waals surface area contributed by atoms with E-state index in [0.717, 1.165) is 45.8 Å². The molecule has 3 heterocycles. The van der Waals surface area contributed by atoms with Crippen molar-refractivity contribution in [2.75, 3.05) is 50.9 Å². The molecule has 0 bridgehead atoms. The molecule has 4 rings (SSSR count). The number of aryl methyl sites for hydroxylation is 1. The van der Waals surface area contributed by atoms with Gasteiger partial charge >= 0.3 is 0 Å². The second-order valence-corrected chi connectivity index (χ2v) is 7.60. The van der Waals surface area contributed by atoms with E-state index in [4.69, 9.17) is 9.47 Å². The molecular weight excluding hydrogens is 300 g/mol. The summed E-state index contributed by atoms with van der Waals surface area (Å²) in [6.07, 6.45) is 4.53. The standard InChI is InChI=1S/C20H30N2O2/c1-17-4-2-3-5-19(17)22-11-9-21(10-12-22)18-6-13-24-20(16-18)7-14-23-15-8-20/h2-5,18H,6-16H2,1H3/t18-/m1/s1. The lowest BCUT2D eigenvalue weighted by Gasteiger charge is -2.48. The predicted molar refractivity (Wildman–Crippen MR) is 96.7 cm³/mol. The Balaban J connectivity index is 1.36. The van der Waals surface area contributed by atoms with Gasteiger partial charge in [0.1, 0.15) is 0 Å². The molecule has 132 valence electrons. The highest BCUT2D eigenvalue weighted by Crippen LogP contribution is 2.36. The van der Waals surface area contributed by atoms with Crippen LogP contribution < -0.4 is 4.90 Å². The summed E-state index contributed by atoms with van der Waals surface area (Å²) >= 11 is 0. The minimum atomic E-state index is 0.105. The molecule has 0 aliphatic carbocycles. The molecular formula is C20H30N2O2. The van der Waals surface area contributed by atoms with E-state index in [-0.39, 0.29) is 5.60 Å². The van der Waals surface area contributed by atoms with E-state index in [9.17, 15) is 0 Å². The van der Waals surface area contributed by atoms with Crippen LogP contribution in [0.2, 0.25) is 0 Å². The number of piperazine rings is 1. The summed E-state index contributed by atoms with van der Waals surface area (Å²) in [4.78, 5) is 5.27. The molecule has 1 aromatic rings. The van der Waals surface area contributed by atoms with Crippen LogP contribution in [0, 0.1) is 6.92 Å². The van der Waals surface area contributed by atoms with Crippen LogP contribution in [0.3, 0.4) is 0 Å². The molecule has 0 N–H and O–H groups in total. The Bertz CT molecular complexity index is 543. The SMILES string of the molecule is Cc1ccccc1N1CCN([C@@H]2CCOC3(CCOCC3)C2)CC1. The zero-order chi connectivity index (χ0) is 16.4. The topological polar surface area (TPSA) is 24.9 Å². The fourth-order valence-corrected chi connectivity index (χ4v) is 4.65. The Kier molecular flexibility index (Phi) is 4.79. The van der Waals surface area contributed by atoms with Gasteiger partial charge in [-0.3, -0.25) is 4.90 Å². The average molecular weight is 330 g/mol. The highest BCUT2D eigenvalue weighted by molar-refractivity contribution is 5.53. The molecule has 24 heavy (non-hydrogen) atoms. The Hall–Kier alpha value is -1.10. The zero-order valence-corrected chi connectivity index (χ0v) is 14.9. The first-order chi connectivity index (χ1) is 11.8. The number of ether oxygens (including phenoxy) is 2. The molecule has 4 nitrogen and oxygen atoms in total. The lowest BCUT2D eigenvalue weighted by Crippen LogP contribution is -2.56. The second kappa shape index (κ2) is 7.03. The quantitative estimate of drug-likeness (QED) is 0.832. The fourth-order valence-electron chi connectivity index (χ4n) is 4.65. The molecule has 4 heteroatoms. The van der Waals surface area contributed by atoms with Gasteiger partial charge in [0.2, 0.25) is 0 Å². The highest BCUT2D eigenvalue weighted by Gasteiger charge is 2.41. The van der Waals surface area contributed by atoms with E-state index in [1.54, 1.807) is 0 Å². The van der Waals surface area contributed by atoms with Crippen LogP contribution in [0.4, 0.5) is 5.69 Å². The Labute approximate surface area is 145 Å². The second-order valence-electron chi connectivity index (χ2n) is 7.60. The van der Waals surface area contributed by atoms with Crippen LogP contribution in [0.15, 0.2) is 24.3 Å². The summed E-state index contributed by atoms with van der Waals surface area (Å²) in [5, 5.41) is 0. The van der Waals surface area contributed by atoms with E-state index in [2.05, 4.69) is 41.0 Å². The van der Waals surface area contributed by atoms with Gasteiger partial charge in [0.25, 0.3) is 0 Å². The molecule has 0 saturated carbocycles. The molecule has 3 aliphatic rings. The van der Waals surface area contributed by atoms with Gasteiger partial charge in [-0.2, -0.15) is 0 Å². The number of benzene rings is 1. The average Bonchev–Trinajstić information content (AvgIpc) is 2.63. The van der Waals surface area contributed by atoms with Gasteiger partial charge in [-0.25, -0.2) is 0 Å². The summed E-state index contributed by atoms with van der Waals surface area (Å²) in [5.41, 5.74) is 2.90. The Morgan fingerprint density at radius 3 is 2.50 bits per heavy atom. The van der Waals surface area contributed by atoms with E-state index >= 15 is 0 Å². The minimum Gasteiger partial charge on any atom is -0.381 e. The molecule has 0 aromatic heterocycles. The maximum absolute atomic E-state index is 6.22. The lowest BCUT2D eigenvalue weighted by molar-refractivity contribution is -0.151. The molecule has 1 spiro atoms. The smallest absolute Gasteiger partial charge is 0.0741 e. The third-order valence-corrected chi connectivity index (χ3v) is 6.16. The number of hydrogen-bond acceptors (Lipinski definition) is 4. The van der Waals surface area contributed by atoms with E-state index in [0.29, 0.717) is 6.04 Å². The number of para-hydroxylation sites is 1. The number of anilines is 1. The van der Waals surface area contributed by atoms with Gasteiger partial charge in [0.15, 0.2) is 0 Å². The molecule has 0 amide bonds. The van der Waals surface area contributed by atoms with Crippen LogP contribution >= 0.6 is 0 Å². The maximum atomic E-state index is 6.22. The van der Waals surface area contributed by atoms with Crippen molar-refractivity contribution in [3.05, 3.63) is 29.8 Å². The zero-order valence-electron chi connectivity index (χ0n) is 14.9. The maximum Gasteiger partial charge on any atom is 0.0741 e. The van der Waals surface area contributed by atoms with Crippen molar-refractivity contribution in [1.29, 1.82) is 0 Å². The van der Waals surface area contributed by atoms with Gasteiger partial charge in [-0.1, -0.05) is 18.2 Å². The third kappa shape index (κ3) is 3.32. The van der Waals surface area contributed by atoms with Crippen molar-refractivity contribution in [1.82, 2.24) is 4.90 Å². The summed E-state index contributed by atoms with van der Waals surface area (Å²) in [7, 11) is 0. The summed E-state index contributed by atoms with van der Waals surface area (Å²) in [6.45, 7) is 9.49. The molecule has 0 unspecified atom stereocenters. The van der Waals surface area contributed by atoms with Crippen LogP contribution in [0.25, 0.3) is 0 Å². The van der Waals surface area contributed by atoms with Gasteiger partial charge in [-0.15, -0.1) is 0 Å². The predicted octanol–water partition coefficient (Wildman–Crippen LogP) is 2.85. The van der Waals surface area contributed by atoms with Crippen molar-refractivity contribution in [3.63, 3.8) is 0 Å². The summed E-state index contributed by atoms with van der Waals surface area (Å²) in [5.74, 6) is 0. The first-order valence-electron chi connectivity index (χ1n) is 9.52. The minimum absolute atomic E-state index is 0.105. The first kappa shape index (κ1) is 16.4. The van der Waals surface area contributed by atoms with Crippen LogP contribution in [-0.4, -0.2) is 62.5 Å². The monoisotopic (exact) mass is 330 g/mol. The molecule has 3 fully saturated rings. The van der Waals surface area contributed by atoms with E-state index in [1.165, 1.54) is 37.2 Å². The van der Waals surface area contributed by atoms with Crippen molar-refractivity contribution < 1.29 is 9.47 Å². The Morgan fingerprint density at radius 2 is 1.75 bits per heavy atom. The van der Waals surface area contributed by atoms with Crippen molar-refractivity contribution in [2.45, 2.75) is 44.2 Å². The highest BCUT2D eigenvalue weighted by atomic mass is 16.5. The van der Waals surface area contributed by atoms with Gasteiger partial charge in [0, 0.05) is 57.7 Å². The molecule has 3 saturated heterocycles. The molecule has 0 radical (unpaired) electrons. The van der Waals surface area contributed by atoms with Crippen LogP contribution in [0.5, 0.6) is 0 Å². The van der Waals surface area contributed by atoms with Gasteiger partial charge < -0.3 is 14.4 Å². The fraction of sp³-hybridized carbons (Fsp3) is 0.700. The Morgan fingerprint density at radius 1 is 1.00 bits per heavy atom. The van der Waals surface area contributed by atoms with Crippen LogP contribution in [0.1, 0.15) is 31.2 Å². The van der Waals surface area contributed by atoms with Gasteiger partial charge in [0.05, 0.1) is 5.60 Å². The number of hydrogen-bond donors (Lipinski definition) is 0. The van der Waals surface area contributed by atoms with E-state index < -0.39 is 0 Å². The third-order valence-electron chi connectivity index (χ3n) is 6.16. The number of rotatable bonds is 2. The molecule has 1 aromatic carbocycles. The summed E-state index contributed by atoms with van der Waals surface area (Å²) < 4.78 is 11.8.